The first kappa shape index (κ1) is 24.1. The Morgan fingerprint density at radius 1 is 0.973 bits per heavy atom. The molecule has 1 aliphatic carbocycles. The molecular weight excluding hydrogens is 480 g/mol. The van der Waals surface area contributed by atoms with Gasteiger partial charge in [0.25, 0.3) is 0 Å². The Bertz CT molecular complexity index is 1540. The van der Waals surface area contributed by atoms with Crippen molar-refractivity contribution in [2.45, 2.75) is 12.8 Å². The monoisotopic (exact) mass is 503 g/mol. The molecule has 0 atom stereocenters. The summed E-state index contributed by atoms with van der Waals surface area (Å²) >= 11 is 0. The lowest BCUT2D eigenvalue weighted by Crippen LogP contribution is -2.41. The van der Waals surface area contributed by atoms with Crippen LogP contribution in [0.1, 0.15) is 12.8 Å². The lowest BCUT2D eigenvalue weighted by atomic mass is 10.0. The van der Waals surface area contributed by atoms with Gasteiger partial charge in [-0.15, -0.1) is 0 Å². The Labute approximate surface area is 211 Å². The number of rotatable bonds is 7. The third-order valence-corrected chi connectivity index (χ3v) is 6.32. The summed E-state index contributed by atoms with van der Waals surface area (Å²) in [7, 11) is 3.72. The fraction of sp³-hybridized carbons (Fsp3) is 0.185. The minimum Gasteiger partial charge on any atom is -0.453 e. The highest BCUT2D eigenvalue weighted by atomic mass is 19.1. The first-order chi connectivity index (χ1) is 17.7. The molecule has 0 unspecified atom stereocenters. The van der Waals surface area contributed by atoms with Crippen molar-refractivity contribution in [1.82, 2.24) is 9.97 Å². The summed E-state index contributed by atoms with van der Waals surface area (Å²) < 4.78 is 35.2. The molecule has 2 aromatic heterocycles. The third-order valence-electron chi connectivity index (χ3n) is 6.32. The maximum atomic E-state index is 15.3. The average Bonchev–Trinajstić information content (AvgIpc) is 3.68. The molecular formula is C27H23F2N5O3. The van der Waals surface area contributed by atoms with Crippen molar-refractivity contribution in [2.75, 3.05) is 23.9 Å². The van der Waals surface area contributed by atoms with E-state index in [1.165, 1.54) is 30.3 Å². The zero-order valence-corrected chi connectivity index (χ0v) is 20.1. The third kappa shape index (κ3) is 4.42. The van der Waals surface area contributed by atoms with Crippen LogP contribution in [0.15, 0.2) is 67.0 Å². The van der Waals surface area contributed by atoms with Gasteiger partial charge in [-0.3, -0.25) is 19.5 Å². The molecule has 188 valence electrons. The molecule has 1 fully saturated rings. The number of ether oxygens (including phenoxy) is 1. The van der Waals surface area contributed by atoms with Crippen LogP contribution in [0.2, 0.25) is 0 Å². The van der Waals surface area contributed by atoms with Crippen LogP contribution in [0.5, 0.6) is 11.5 Å². The number of carbonyl (C=O) groups is 2. The molecule has 5 rings (SSSR count). The molecule has 1 saturated carbocycles. The maximum Gasteiger partial charge on any atom is 0.247 e. The number of carbonyl (C=O) groups excluding carboxylic acids is 2. The fourth-order valence-electron chi connectivity index (χ4n) is 4.07. The number of nitrogens with two attached hydrogens (primary N) is 1. The molecule has 1 aliphatic rings. The predicted molar refractivity (Wildman–Crippen MR) is 135 cm³/mol. The molecule has 8 nitrogen and oxygen atoms in total. The summed E-state index contributed by atoms with van der Waals surface area (Å²) in [5, 5.41) is 0.588. The van der Waals surface area contributed by atoms with Gasteiger partial charge in [0, 0.05) is 38.6 Å². The lowest BCUT2D eigenvalue weighted by molar-refractivity contribution is -0.133. The van der Waals surface area contributed by atoms with Gasteiger partial charge in [-0.2, -0.15) is 0 Å². The number of aromatic nitrogens is 2. The predicted octanol–water partition coefficient (Wildman–Crippen LogP) is 4.70. The number of nitrogens with zero attached hydrogens (tertiary/aromatic N) is 4. The molecule has 0 aliphatic heterocycles. The zero-order chi connectivity index (χ0) is 26.3. The minimum absolute atomic E-state index is 0.101. The quantitative estimate of drug-likeness (QED) is 0.367. The molecule has 0 spiro atoms. The number of pyridine rings is 2. The van der Waals surface area contributed by atoms with Gasteiger partial charge in [0.2, 0.25) is 11.8 Å². The number of benzene rings is 2. The molecule has 2 aromatic carbocycles. The number of halogens is 2. The smallest absolute Gasteiger partial charge is 0.247 e. The van der Waals surface area contributed by atoms with E-state index in [4.69, 9.17) is 10.5 Å². The lowest BCUT2D eigenvalue weighted by Gasteiger charge is -2.26. The average molecular weight is 504 g/mol. The number of hydrogen-bond acceptors (Lipinski definition) is 6. The van der Waals surface area contributed by atoms with Gasteiger partial charge >= 0.3 is 0 Å². The summed E-state index contributed by atoms with van der Waals surface area (Å²) in [6.07, 6.45) is 3.69. The second kappa shape index (κ2) is 9.12. The molecule has 2 heterocycles. The molecule has 2 N–H and O–H groups in total. The van der Waals surface area contributed by atoms with Crippen LogP contribution in [0.3, 0.4) is 0 Å². The minimum atomic E-state index is -1.40. The molecule has 2 amide bonds. The summed E-state index contributed by atoms with van der Waals surface area (Å²) in [5.74, 6) is -1.81. The molecule has 37 heavy (non-hydrogen) atoms. The van der Waals surface area contributed by atoms with Crippen LogP contribution in [0.25, 0.3) is 10.9 Å². The normalized spacial score (nSPS) is 13.7. The van der Waals surface area contributed by atoms with Gasteiger partial charge in [0.15, 0.2) is 11.6 Å². The van der Waals surface area contributed by atoms with Gasteiger partial charge in [-0.1, -0.05) is 6.07 Å². The van der Waals surface area contributed by atoms with Crippen LogP contribution in [-0.4, -0.2) is 35.9 Å². The zero-order valence-electron chi connectivity index (χ0n) is 20.1. The van der Waals surface area contributed by atoms with Crippen molar-refractivity contribution in [3.05, 3.63) is 78.6 Å². The van der Waals surface area contributed by atoms with E-state index < -0.39 is 28.9 Å². The second-order valence-electron chi connectivity index (χ2n) is 9.05. The van der Waals surface area contributed by atoms with Gasteiger partial charge in [0.05, 0.1) is 22.3 Å². The van der Waals surface area contributed by atoms with E-state index in [1.54, 1.807) is 24.5 Å². The van der Waals surface area contributed by atoms with E-state index in [2.05, 4.69) is 9.97 Å². The molecule has 10 heteroatoms. The van der Waals surface area contributed by atoms with Gasteiger partial charge in [0.1, 0.15) is 22.8 Å². The van der Waals surface area contributed by atoms with Crippen LogP contribution in [0.4, 0.5) is 26.0 Å². The van der Waals surface area contributed by atoms with Crippen molar-refractivity contribution in [2.24, 2.45) is 11.1 Å². The van der Waals surface area contributed by atoms with Gasteiger partial charge in [-0.05, 0) is 49.2 Å². The first-order valence-electron chi connectivity index (χ1n) is 11.5. The van der Waals surface area contributed by atoms with Crippen molar-refractivity contribution >= 4 is 39.9 Å². The maximum absolute atomic E-state index is 15.3. The summed E-state index contributed by atoms with van der Waals surface area (Å²) in [4.78, 5) is 37.1. The van der Waals surface area contributed by atoms with Crippen LogP contribution in [-0.2, 0) is 9.59 Å². The number of primary amides is 1. The summed E-state index contributed by atoms with van der Waals surface area (Å²) in [5.41, 5.74) is 4.98. The standard InChI is InChI=1S/C27H23F2N5O3/c1-33(2)24-14-21-19(15-32-24)22(8-11-31-21)37-23-7-6-18(13-20(23)29)34(17-5-3-4-16(28)12-17)26(36)27(9-10-27)25(30)35/h3-8,11-15H,9-10H2,1-2H3,(H2,30,35). The van der Waals surface area contributed by atoms with Gasteiger partial charge in [-0.25, -0.2) is 13.8 Å². The molecule has 0 bridgehead atoms. The Morgan fingerprint density at radius 3 is 2.38 bits per heavy atom. The highest BCUT2D eigenvalue weighted by Gasteiger charge is 2.57. The number of fused-ring (bicyclic) bond motifs is 1. The first-order valence-corrected chi connectivity index (χ1v) is 11.5. The molecule has 4 aromatic rings. The van der Waals surface area contributed by atoms with Gasteiger partial charge < -0.3 is 15.4 Å². The largest absolute Gasteiger partial charge is 0.453 e. The van der Waals surface area contributed by atoms with Crippen LogP contribution >= 0.6 is 0 Å². The Balaban J connectivity index is 1.51. The number of amides is 2. The second-order valence-corrected chi connectivity index (χ2v) is 9.05. The van der Waals surface area contributed by atoms with Crippen molar-refractivity contribution < 1.29 is 23.1 Å². The van der Waals surface area contributed by atoms with Crippen molar-refractivity contribution in [3.8, 4) is 11.5 Å². The van der Waals surface area contributed by atoms with E-state index in [9.17, 15) is 14.0 Å². The van der Waals surface area contributed by atoms with E-state index in [0.717, 1.165) is 17.0 Å². The number of hydrogen-bond donors (Lipinski definition) is 1. The molecule has 0 saturated heterocycles. The SMILES string of the molecule is CN(C)c1cc2nccc(Oc3ccc(N(C(=O)C4(C(N)=O)CC4)c4cccc(F)c4)cc3F)c2cn1. The fourth-order valence-corrected chi connectivity index (χ4v) is 4.07. The highest BCUT2D eigenvalue weighted by molar-refractivity contribution is 6.16. The topological polar surface area (TPSA) is 102 Å². The Hall–Kier alpha value is -4.60. The van der Waals surface area contributed by atoms with Crippen LogP contribution in [0, 0.1) is 17.0 Å². The van der Waals surface area contributed by atoms with Crippen LogP contribution < -0.4 is 20.3 Å². The van der Waals surface area contributed by atoms with Crippen molar-refractivity contribution in [3.63, 3.8) is 0 Å². The van der Waals surface area contributed by atoms with Crippen molar-refractivity contribution in [1.29, 1.82) is 0 Å². The summed E-state index contributed by atoms with van der Waals surface area (Å²) in [6.45, 7) is 0. The van der Waals surface area contributed by atoms with E-state index in [-0.39, 0.29) is 30.0 Å². The van der Waals surface area contributed by atoms with E-state index in [1.807, 2.05) is 19.0 Å². The van der Waals surface area contributed by atoms with E-state index >= 15 is 4.39 Å². The highest BCUT2D eigenvalue weighted by Crippen LogP contribution is 2.49. The Kier molecular flexibility index (Phi) is 5.94. The number of anilines is 3. The Morgan fingerprint density at radius 2 is 1.73 bits per heavy atom. The summed E-state index contributed by atoms with van der Waals surface area (Å²) in [6, 6.07) is 12.6. The molecule has 0 radical (unpaired) electrons. The van der Waals surface area contributed by atoms with E-state index in [0.29, 0.717) is 22.5 Å².